The Bertz CT molecular complexity index is 777. The normalized spacial score (nSPS) is 10.2. The second-order valence-electron chi connectivity index (χ2n) is 5.01. The summed E-state index contributed by atoms with van der Waals surface area (Å²) in [5.41, 5.74) is 0.899. The average Bonchev–Trinajstić information content (AvgIpc) is 2.64. The van der Waals surface area contributed by atoms with Gasteiger partial charge in [0.1, 0.15) is 6.54 Å². The fourth-order valence-corrected chi connectivity index (χ4v) is 2.75. The summed E-state index contributed by atoms with van der Waals surface area (Å²) in [6.07, 6.45) is 1.95. The van der Waals surface area contributed by atoms with E-state index >= 15 is 0 Å². The molecule has 130 valence electrons. The molecule has 0 fully saturated rings. The Balaban J connectivity index is 1.78. The number of ketones is 1. The molecule has 1 amide bonds. The van der Waals surface area contributed by atoms with Crippen LogP contribution < -0.4 is 5.32 Å². The highest BCUT2D eigenvalue weighted by molar-refractivity contribution is 9.10. The highest BCUT2D eigenvalue weighted by atomic mass is 79.9. The van der Waals surface area contributed by atoms with Crippen molar-refractivity contribution in [1.29, 1.82) is 0 Å². The van der Waals surface area contributed by atoms with E-state index in [0.717, 1.165) is 9.37 Å². The van der Waals surface area contributed by atoms with E-state index in [0.29, 0.717) is 11.1 Å². The van der Waals surface area contributed by atoms with Gasteiger partial charge in [0.05, 0.1) is 0 Å². The van der Waals surface area contributed by atoms with Gasteiger partial charge in [-0.25, -0.2) is 0 Å². The predicted octanol–water partition coefficient (Wildman–Crippen LogP) is 3.33. The number of carbonyl (C=O) groups is 3. The first-order valence-corrected chi connectivity index (χ1v) is 9.38. The minimum absolute atomic E-state index is 0.292. The van der Waals surface area contributed by atoms with Gasteiger partial charge >= 0.3 is 5.97 Å². The molecule has 2 rings (SSSR count). The standard InChI is InChI=1S/C18H16BrNO4S/c1-25-15-7-5-12(6-8-15)16(21)11-24-17(22)10-20-18(23)13-3-2-4-14(19)9-13/h2-9H,10-11H2,1H3,(H,20,23). The van der Waals surface area contributed by atoms with E-state index in [9.17, 15) is 14.4 Å². The Morgan fingerprint density at radius 2 is 1.80 bits per heavy atom. The predicted molar refractivity (Wildman–Crippen MR) is 100.0 cm³/mol. The number of hydrogen-bond donors (Lipinski definition) is 1. The summed E-state index contributed by atoms with van der Waals surface area (Å²) in [6, 6.07) is 13.8. The van der Waals surface area contributed by atoms with Gasteiger partial charge < -0.3 is 10.1 Å². The van der Waals surface area contributed by atoms with Crippen molar-refractivity contribution in [3.63, 3.8) is 0 Å². The minimum atomic E-state index is -0.669. The first-order chi connectivity index (χ1) is 12.0. The zero-order chi connectivity index (χ0) is 18.2. The summed E-state index contributed by atoms with van der Waals surface area (Å²) in [7, 11) is 0. The van der Waals surface area contributed by atoms with Gasteiger partial charge in [0.15, 0.2) is 12.4 Å². The number of Topliss-reactive ketones (excluding diaryl/α,β-unsaturated/α-hetero) is 1. The largest absolute Gasteiger partial charge is 0.456 e. The second kappa shape index (κ2) is 9.39. The summed E-state index contributed by atoms with van der Waals surface area (Å²) in [6.45, 7) is -0.658. The minimum Gasteiger partial charge on any atom is -0.456 e. The summed E-state index contributed by atoms with van der Waals surface area (Å²) < 4.78 is 5.67. The van der Waals surface area contributed by atoms with Crippen LogP contribution >= 0.6 is 27.7 Å². The van der Waals surface area contributed by atoms with Crippen molar-refractivity contribution in [3.8, 4) is 0 Å². The highest BCUT2D eigenvalue weighted by Gasteiger charge is 2.12. The number of carbonyl (C=O) groups excluding carboxylic acids is 3. The first kappa shape index (κ1) is 19.2. The average molecular weight is 422 g/mol. The van der Waals surface area contributed by atoms with Crippen LogP contribution in [0.3, 0.4) is 0 Å². The van der Waals surface area contributed by atoms with Crippen LogP contribution in [0.4, 0.5) is 0 Å². The third kappa shape index (κ3) is 6.03. The van der Waals surface area contributed by atoms with E-state index < -0.39 is 11.9 Å². The van der Waals surface area contributed by atoms with Crippen molar-refractivity contribution in [2.75, 3.05) is 19.4 Å². The number of halogens is 1. The van der Waals surface area contributed by atoms with Crippen molar-refractivity contribution in [3.05, 3.63) is 64.1 Å². The lowest BCUT2D eigenvalue weighted by Gasteiger charge is -2.07. The molecule has 0 spiro atoms. The van der Waals surface area contributed by atoms with E-state index in [1.54, 1.807) is 48.2 Å². The molecule has 0 unspecified atom stereocenters. The molecule has 7 heteroatoms. The van der Waals surface area contributed by atoms with Crippen molar-refractivity contribution in [2.45, 2.75) is 4.90 Å². The zero-order valence-electron chi connectivity index (χ0n) is 13.5. The number of ether oxygens (including phenoxy) is 1. The second-order valence-corrected chi connectivity index (χ2v) is 6.80. The molecule has 0 saturated carbocycles. The molecule has 2 aromatic rings. The van der Waals surface area contributed by atoms with Crippen LogP contribution in [0.5, 0.6) is 0 Å². The smallest absolute Gasteiger partial charge is 0.325 e. The van der Waals surface area contributed by atoms with Crippen LogP contribution in [-0.4, -0.2) is 37.1 Å². The molecule has 0 heterocycles. The molecule has 0 aromatic heterocycles. The Morgan fingerprint density at radius 3 is 2.44 bits per heavy atom. The van der Waals surface area contributed by atoms with Crippen LogP contribution in [0.1, 0.15) is 20.7 Å². The summed E-state index contributed by atoms with van der Waals surface area (Å²) >= 11 is 4.85. The molecule has 0 aliphatic carbocycles. The summed E-state index contributed by atoms with van der Waals surface area (Å²) in [5, 5.41) is 2.46. The van der Waals surface area contributed by atoms with Crippen LogP contribution in [0.15, 0.2) is 57.9 Å². The van der Waals surface area contributed by atoms with Crippen molar-refractivity contribution < 1.29 is 19.1 Å². The van der Waals surface area contributed by atoms with Gasteiger partial charge in [-0.05, 0) is 36.6 Å². The Morgan fingerprint density at radius 1 is 1.08 bits per heavy atom. The maximum absolute atomic E-state index is 12.0. The topological polar surface area (TPSA) is 72.5 Å². The lowest BCUT2D eigenvalue weighted by Crippen LogP contribution is -2.31. The van der Waals surface area contributed by atoms with E-state index in [-0.39, 0.29) is 18.9 Å². The number of hydrogen-bond acceptors (Lipinski definition) is 5. The van der Waals surface area contributed by atoms with E-state index in [4.69, 9.17) is 4.74 Å². The van der Waals surface area contributed by atoms with Crippen molar-refractivity contribution >= 4 is 45.4 Å². The Hall–Kier alpha value is -2.12. The number of rotatable bonds is 7. The zero-order valence-corrected chi connectivity index (χ0v) is 15.9. The summed E-state index contributed by atoms with van der Waals surface area (Å²) in [5.74, 6) is -1.35. The third-order valence-electron chi connectivity index (χ3n) is 3.26. The third-order valence-corrected chi connectivity index (χ3v) is 4.49. The van der Waals surface area contributed by atoms with Gasteiger partial charge in [-0.3, -0.25) is 14.4 Å². The monoisotopic (exact) mass is 421 g/mol. The summed E-state index contributed by atoms with van der Waals surface area (Å²) in [4.78, 5) is 36.6. The molecular formula is C18H16BrNO4S. The van der Waals surface area contributed by atoms with Gasteiger partial charge in [0.2, 0.25) is 0 Å². The lowest BCUT2D eigenvalue weighted by molar-refractivity contribution is -0.141. The molecule has 5 nitrogen and oxygen atoms in total. The molecule has 0 saturated heterocycles. The molecule has 2 aromatic carbocycles. The molecule has 0 radical (unpaired) electrons. The van der Waals surface area contributed by atoms with Gasteiger partial charge in [-0.15, -0.1) is 11.8 Å². The van der Waals surface area contributed by atoms with Crippen LogP contribution in [-0.2, 0) is 9.53 Å². The van der Waals surface area contributed by atoms with Gasteiger partial charge in [0.25, 0.3) is 5.91 Å². The van der Waals surface area contributed by atoms with Crippen LogP contribution in [0, 0.1) is 0 Å². The molecule has 0 aliphatic heterocycles. The molecule has 0 bridgehead atoms. The maximum Gasteiger partial charge on any atom is 0.325 e. The van der Waals surface area contributed by atoms with Gasteiger partial charge in [-0.2, -0.15) is 0 Å². The fraction of sp³-hybridized carbons (Fsp3) is 0.167. The van der Waals surface area contributed by atoms with Crippen molar-refractivity contribution in [1.82, 2.24) is 5.32 Å². The number of nitrogens with one attached hydrogen (secondary N) is 1. The molecule has 0 atom stereocenters. The van der Waals surface area contributed by atoms with Gasteiger partial charge in [-0.1, -0.05) is 34.1 Å². The maximum atomic E-state index is 12.0. The Kier molecular flexibility index (Phi) is 7.21. The first-order valence-electron chi connectivity index (χ1n) is 7.36. The quantitative estimate of drug-likeness (QED) is 0.421. The lowest BCUT2D eigenvalue weighted by atomic mass is 10.1. The van der Waals surface area contributed by atoms with Crippen LogP contribution in [0.25, 0.3) is 0 Å². The number of amides is 1. The van der Waals surface area contributed by atoms with E-state index in [1.807, 2.05) is 18.4 Å². The highest BCUT2D eigenvalue weighted by Crippen LogP contribution is 2.15. The Labute approximate surface area is 158 Å². The van der Waals surface area contributed by atoms with Gasteiger partial charge in [0, 0.05) is 20.5 Å². The molecule has 0 aliphatic rings. The van der Waals surface area contributed by atoms with E-state index in [2.05, 4.69) is 21.2 Å². The fourth-order valence-electron chi connectivity index (χ4n) is 1.94. The van der Waals surface area contributed by atoms with Crippen LogP contribution in [0.2, 0.25) is 0 Å². The molecule has 25 heavy (non-hydrogen) atoms. The number of esters is 1. The van der Waals surface area contributed by atoms with Crippen molar-refractivity contribution in [2.24, 2.45) is 0 Å². The molecular weight excluding hydrogens is 406 g/mol. The number of benzene rings is 2. The molecule has 1 N–H and O–H groups in total. The SMILES string of the molecule is CSc1ccc(C(=O)COC(=O)CNC(=O)c2cccc(Br)c2)cc1. The van der Waals surface area contributed by atoms with E-state index in [1.165, 1.54) is 0 Å². The number of thioether (sulfide) groups is 1.